The van der Waals surface area contributed by atoms with Crippen molar-refractivity contribution in [1.29, 1.82) is 0 Å². The molecule has 1 aliphatic rings. The van der Waals surface area contributed by atoms with Gasteiger partial charge in [-0.05, 0) is 37.8 Å². The zero-order valence-electron chi connectivity index (χ0n) is 13.0. The maximum Gasteiger partial charge on any atom is 0.573 e. The van der Waals surface area contributed by atoms with E-state index < -0.39 is 6.36 Å². The molecule has 1 amide bonds. The van der Waals surface area contributed by atoms with Crippen molar-refractivity contribution in [3.63, 3.8) is 0 Å². The molecule has 2 atom stereocenters. The predicted molar refractivity (Wildman–Crippen MR) is 79.8 cm³/mol. The van der Waals surface area contributed by atoms with Gasteiger partial charge in [-0.2, -0.15) is 0 Å². The molecule has 0 unspecified atom stereocenters. The molecule has 1 aliphatic heterocycles. The molecule has 0 radical (unpaired) electrons. The van der Waals surface area contributed by atoms with E-state index in [1.54, 1.807) is 17.0 Å². The van der Waals surface area contributed by atoms with E-state index in [-0.39, 0.29) is 36.6 Å². The third-order valence-electron chi connectivity index (χ3n) is 4.04. The first-order valence-electron chi connectivity index (χ1n) is 7.65. The van der Waals surface area contributed by atoms with Crippen LogP contribution in [0.2, 0.25) is 0 Å². The van der Waals surface area contributed by atoms with Gasteiger partial charge in [-0.15, -0.1) is 13.2 Å². The highest BCUT2D eigenvalue weighted by atomic mass is 19.4. The van der Waals surface area contributed by atoms with E-state index in [1.165, 1.54) is 12.1 Å². The van der Waals surface area contributed by atoms with Crippen LogP contribution in [0.15, 0.2) is 24.3 Å². The topological polar surface area (TPSA) is 55.6 Å². The highest BCUT2D eigenvalue weighted by Gasteiger charge is 2.32. The van der Waals surface area contributed by atoms with E-state index in [4.69, 9.17) is 5.73 Å². The smallest absolute Gasteiger partial charge is 0.406 e. The van der Waals surface area contributed by atoms with Crippen molar-refractivity contribution < 1.29 is 22.7 Å². The summed E-state index contributed by atoms with van der Waals surface area (Å²) in [5, 5.41) is 0. The Morgan fingerprint density at radius 1 is 1.39 bits per heavy atom. The molecule has 0 bridgehead atoms. The Morgan fingerprint density at radius 3 is 2.74 bits per heavy atom. The lowest BCUT2D eigenvalue weighted by molar-refractivity contribution is -0.274. The second-order valence-corrected chi connectivity index (χ2v) is 5.88. The fourth-order valence-corrected chi connectivity index (χ4v) is 2.90. The quantitative estimate of drug-likeness (QED) is 0.923. The monoisotopic (exact) mass is 330 g/mol. The lowest BCUT2D eigenvalue weighted by atomic mass is 9.98. The number of piperidine rings is 1. The Kier molecular flexibility index (Phi) is 5.51. The van der Waals surface area contributed by atoms with Crippen LogP contribution in [0.1, 0.15) is 31.7 Å². The molecule has 1 fully saturated rings. The maximum atomic E-state index is 12.4. The second-order valence-electron chi connectivity index (χ2n) is 5.88. The van der Waals surface area contributed by atoms with Gasteiger partial charge in [0, 0.05) is 25.0 Å². The number of halogens is 3. The summed E-state index contributed by atoms with van der Waals surface area (Å²) < 4.78 is 41.2. The zero-order valence-corrected chi connectivity index (χ0v) is 13.0. The van der Waals surface area contributed by atoms with Crippen LogP contribution in [-0.4, -0.2) is 35.8 Å². The number of ether oxygens (including phenoxy) is 1. The van der Waals surface area contributed by atoms with Gasteiger partial charge in [0.15, 0.2) is 0 Å². The van der Waals surface area contributed by atoms with Gasteiger partial charge in [-0.25, -0.2) is 0 Å². The van der Waals surface area contributed by atoms with Gasteiger partial charge in [0.05, 0.1) is 0 Å². The van der Waals surface area contributed by atoms with Crippen molar-refractivity contribution in [2.24, 2.45) is 5.73 Å². The normalized spacial score (nSPS) is 22.0. The van der Waals surface area contributed by atoms with Gasteiger partial charge >= 0.3 is 6.36 Å². The molecule has 2 rings (SSSR count). The molecule has 1 aromatic carbocycles. The van der Waals surface area contributed by atoms with Crippen molar-refractivity contribution in [2.45, 2.75) is 51.1 Å². The first-order valence-corrected chi connectivity index (χ1v) is 7.65. The van der Waals surface area contributed by atoms with Crippen molar-refractivity contribution in [2.75, 3.05) is 6.54 Å². The van der Waals surface area contributed by atoms with Crippen LogP contribution >= 0.6 is 0 Å². The van der Waals surface area contributed by atoms with E-state index >= 15 is 0 Å². The number of alkyl halides is 3. The van der Waals surface area contributed by atoms with Gasteiger partial charge in [0.1, 0.15) is 5.75 Å². The van der Waals surface area contributed by atoms with Crippen LogP contribution < -0.4 is 10.5 Å². The average Bonchev–Trinajstić information content (AvgIpc) is 2.44. The molecule has 0 aromatic heterocycles. The number of likely N-dealkylation sites (tertiary alicyclic amines) is 1. The average molecular weight is 330 g/mol. The second kappa shape index (κ2) is 7.21. The summed E-state index contributed by atoms with van der Waals surface area (Å²) in [6.45, 7) is 2.54. The first kappa shape index (κ1) is 17.6. The fraction of sp³-hybridized carbons (Fsp3) is 0.562. The molecule has 1 aromatic rings. The van der Waals surface area contributed by atoms with E-state index in [0.717, 1.165) is 12.8 Å². The van der Waals surface area contributed by atoms with Crippen molar-refractivity contribution in [1.82, 2.24) is 4.90 Å². The number of carbonyl (C=O) groups is 1. The van der Waals surface area contributed by atoms with E-state index in [2.05, 4.69) is 4.74 Å². The maximum absolute atomic E-state index is 12.4. The van der Waals surface area contributed by atoms with Crippen molar-refractivity contribution >= 4 is 5.91 Å². The Labute approximate surface area is 133 Å². The molecule has 7 heteroatoms. The Bertz CT molecular complexity index is 548. The summed E-state index contributed by atoms with van der Waals surface area (Å²) in [6, 6.07) is 6.08. The number of carbonyl (C=O) groups excluding carboxylic acids is 1. The molecule has 1 saturated heterocycles. The SMILES string of the molecule is C[C@@H]1C[C@H](N)CCN1C(=O)CCc1ccccc1OC(F)(F)F. The van der Waals surface area contributed by atoms with Gasteiger partial charge in [-0.3, -0.25) is 4.79 Å². The van der Waals surface area contributed by atoms with Crippen LogP contribution in [0.3, 0.4) is 0 Å². The minimum Gasteiger partial charge on any atom is -0.406 e. The minimum absolute atomic E-state index is 0.0629. The number of rotatable bonds is 4. The molecule has 4 nitrogen and oxygen atoms in total. The number of amides is 1. The molecule has 23 heavy (non-hydrogen) atoms. The predicted octanol–water partition coefficient (Wildman–Crippen LogP) is 2.86. The van der Waals surface area contributed by atoms with E-state index in [1.807, 2.05) is 6.92 Å². The molecule has 0 saturated carbocycles. The fourth-order valence-electron chi connectivity index (χ4n) is 2.90. The van der Waals surface area contributed by atoms with Crippen molar-refractivity contribution in [3.05, 3.63) is 29.8 Å². The molecule has 1 heterocycles. The number of hydrogen-bond donors (Lipinski definition) is 1. The third kappa shape index (κ3) is 5.13. The largest absolute Gasteiger partial charge is 0.573 e. The van der Waals surface area contributed by atoms with Crippen LogP contribution in [-0.2, 0) is 11.2 Å². The first-order chi connectivity index (χ1) is 10.8. The summed E-state index contributed by atoms with van der Waals surface area (Å²) >= 11 is 0. The number of benzene rings is 1. The van der Waals surface area contributed by atoms with Gasteiger partial charge in [0.2, 0.25) is 5.91 Å². The highest BCUT2D eigenvalue weighted by Crippen LogP contribution is 2.27. The highest BCUT2D eigenvalue weighted by molar-refractivity contribution is 5.77. The molecular weight excluding hydrogens is 309 g/mol. The van der Waals surface area contributed by atoms with Crippen LogP contribution in [0.5, 0.6) is 5.75 Å². The number of nitrogens with two attached hydrogens (primary N) is 1. The molecule has 0 spiro atoms. The number of hydrogen-bond acceptors (Lipinski definition) is 3. The van der Waals surface area contributed by atoms with Gasteiger partial charge in [-0.1, -0.05) is 18.2 Å². The van der Waals surface area contributed by atoms with Crippen LogP contribution in [0.25, 0.3) is 0 Å². The lowest BCUT2D eigenvalue weighted by Gasteiger charge is -2.36. The van der Waals surface area contributed by atoms with Crippen molar-refractivity contribution in [3.8, 4) is 5.75 Å². The standard InChI is InChI=1S/C16H21F3N2O2/c1-11-10-13(20)8-9-21(11)15(22)7-6-12-4-2-3-5-14(12)23-16(17,18)19/h2-5,11,13H,6-10,20H2,1H3/t11-,13-/m1/s1. The molecule has 2 N–H and O–H groups in total. The van der Waals surface area contributed by atoms with Crippen LogP contribution in [0, 0.1) is 0 Å². The third-order valence-corrected chi connectivity index (χ3v) is 4.04. The van der Waals surface area contributed by atoms with Crippen LogP contribution in [0.4, 0.5) is 13.2 Å². The lowest BCUT2D eigenvalue weighted by Crippen LogP contribution is -2.48. The van der Waals surface area contributed by atoms with Gasteiger partial charge < -0.3 is 15.4 Å². The number of nitrogens with zero attached hydrogens (tertiary/aromatic N) is 1. The Hall–Kier alpha value is -1.76. The molecule has 128 valence electrons. The van der Waals surface area contributed by atoms with Gasteiger partial charge in [0.25, 0.3) is 0 Å². The summed E-state index contributed by atoms with van der Waals surface area (Å²) in [7, 11) is 0. The molecule has 0 aliphatic carbocycles. The summed E-state index contributed by atoms with van der Waals surface area (Å²) in [5.41, 5.74) is 6.24. The molecular formula is C16H21F3N2O2. The van der Waals surface area contributed by atoms with E-state index in [9.17, 15) is 18.0 Å². The minimum atomic E-state index is -4.74. The van der Waals surface area contributed by atoms with E-state index in [0.29, 0.717) is 12.1 Å². The zero-order chi connectivity index (χ0) is 17.0. The summed E-state index contributed by atoms with van der Waals surface area (Å²) in [6.07, 6.45) is -2.88. The number of para-hydroxylation sites is 1. The Morgan fingerprint density at radius 2 is 2.09 bits per heavy atom. The Balaban J connectivity index is 1.97. The number of aryl methyl sites for hydroxylation is 1. The summed E-state index contributed by atoms with van der Waals surface area (Å²) in [5.74, 6) is -0.312. The summed E-state index contributed by atoms with van der Waals surface area (Å²) in [4.78, 5) is 14.1.